The van der Waals surface area contributed by atoms with E-state index in [4.69, 9.17) is 17.4 Å². The van der Waals surface area contributed by atoms with Crippen molar-refractivity contribution < 1.29 is 0 Å². The number of anilines is 2. The Morgan fingerprint density at radius 1 is 1.12 bits per heavy atom. The molecular formula is C11H12ClN5. The Labute approximate surface area is 104 Å². The summed E-state index contributed by atoms with van der Waals surface area (Å²) in [6.45, 7) is 0.665. The summed E-state index contributed by atoms with van der Waals surface area (Å²) in [6, 6.07) is 9.35. The summed E-state index contributed by atoms with van der Waals surface area (Å²) in [5.74, 6) is 6.54. The molecule has 1 aromatic heterocycles. The van der Waals surface area contributed by atoms with E-state index in [1.54, 1.807) is 6.07 Å². The fourth-order valence-corrected chi connectivity index (χ4v) is 1.45. The van der Waals surface area contributed by atoms with E-state index >= 15 is 0 Å². The number of nitrogens with zero attached hydrogens (tertiary/aromatic N) is 2. The van der Waals surface area contributed by atoms with Crippen molar-refractivity contribution in [3.8, 4) is 0 Å². The van der Waals surface area contributed by atoms with Crippen molar-refractivity contribution in [1.29, 1.82) is 0 Å². The number of rotatable bonds is 4. The zero-order valence-corrected chi connectivity index (χ0v) is 9.78. The van der Waals surface area contributed by atoms with Crippen molar-refractivity contribution in [2.45, 2.75) is 6.54 Å². The second-order valence-corrected chi connectivity index (χ2v) is 3.85. The van der Waals surface area contributed by atoms with Crippen molar-refractivity contribution in [2.75, 3.05) is 10.7 Å². The van der Waals surface area contributed by atoms with Gasteiger partial charge in [0.05, 0.1) is 0 Å². The Hall–Kier alpha value is -1.85. The molecule has 1 heterocycles. The maximum atomic E-state index is 5.81. The third-order valence-electron chi connectivity index (χ3n) is 2.20. The monoisotopic (exact) mass is 249 g/mol. The van der Waals surface area contributed by atoms with Gasteiger partial charge in [0.1, 0.15) is 18.0 Å². The van der Waals surface area contributed by atoms with Crippen LogP contribution in [0, 0.1) is 0 Å². The van der Waals surface area contributed by atoms with Crippen molar-refractivity contribution in [1.82, 2.24) is 9.97 Å². The van der Waals surface area contributed by atoms with Gasteiger partial charge in [0.2, 0.25) is 0 Å². The highest BCUT2D eigenvalue weighted by Crippen LogP contribution is 2.12. The predicted octanol–water partition coefficient (Wildman–Crippen LogP) is 2.03. The number of nitrogen functional groups attached to an aromatic ring is 1. The molecule has 88 valence electrons. The molecule has 0 unspecified atom stereocenters. The van der Waals surface area contributed by atoms with Crippen LogP contribution in [0.25, 0.3) is 0 Å². The van der Waals surface area contributed by atoms with E-state index in [-0.39, 0.29) is 0 Å². The van der Waals surface area contributed by atoms with Crippen LogP contribution in [-0.4, -0.2) is 9.97 Å². The first-order valence-electron chi connectivity index (χ1n) is 5.05. The van der Waals surface area contributed by atoms with E-state index in [0.717, 1.165) is 10.6 Å². The molecule has 17 heavy (non-hydrogen) atoms. The lowest BCUT2D eigenvalue weighted by Gasteiger charge is -2.06. The largest absolute Gasteiger partial charge is 0.366 e. The smallest absolute Gasteiger partial charge is 0.145 e. The number of hydrogen-bond acceptors (Lipinski definition) is 5. The maximum absolute atomic E-state index is 5.81. The third-order valence-corrected chi connectivity index (χ3v) is 2.45. The predicted molar refractivity (Wildman–Crippen MR) is 68.6 cm³/mol. The van der Waals surface area contributed by atoms with Gasteiger partial charge in [-0.3, -0.25) is 0 Å². The van der Waals surface area contributed by atoms with Crippen molar-refractivity contribution in [2.24, 2.45) is 5.84 Å². The number of hydrogen-bond donors (Lipinski definition) is 3. The van der Waals surface area contributed by atoms with Crippen LogP contribution in [-0.2, 0) is 6.54 Å². The highest BCUT2D eigenvalue weighted by atomic mass is 35.5. The fourth-order valence-electron chi connectivity index (χ4n) is 1.33. The summed E-state index contributed by atoms with van der Waals surface area (Å²) in [4.78, 5) is 8.00. The molecule has 0 aliphatic heterocycles. The van der Waals surface area contributed by atoms with Crippen LogP contribution in [0.1, 0.15) is 5.56 Å². The lowest BCUT2D eigenvalue weighted by molar-refractivity contribution is 1.07. The van der Waals surface area contributed by atoms with Gasteiger partial charge in [0.25, 0.3) is 0 Å². The summed E-state index contributed by atoms with van der Waals surface area (Å²) < 4.78 is 0. The molecule has 0 atom stereocenters. The van der Waals surface area contributed by atoms with Crippen molar-refractivity contribution >= 4 is 23.2 Å². The molecule has 1 aromatic carbocycles. The van der Waals surface area contributed by atoms with Crippen LogP contribution >= 0.6 is 11.6 Å². The summed E-state index contributed by atoms with van der Waals surface area (Å²) in [6.07, 6.45) is 1.44. The molecule has 5 nitrogen and oxygen atoms in total. The van der Waals surface area contributed by atoms with Gasteiger partial charge < -0.3 is 10.7 Å². The van der Waals surface area contributed by atoms with E-state index in [1.807, 2.05) is 24.3 Å². The minimum absolute atomic E-state index is 0.568. The Bertz CT molecular complexity index is 485. The average Bonchev–Trinajstić information content (AvgIpc) is 2.38. The Balaban J connectivity index is 1.99. The van der Waals surface area contributed by atoms with E-state index in [1.165, 1.54) is 6.33 Å². The number of nitrogens with one attached hydrogen (secondary N) is 2. The molecule has 0 fully saturated rings. The fraction of sp³-hybridized carbons (Fsp3) is 0.0909. The van der Waals surface area contributed by atoms with Gasteiger partial charge in [-0.15, -0.1) is 0 Å². The number of nitrogens with two attached hydrogens (primary N) is 1. The Morgan fingerprint density at radius 3 is 2.53 bits per heavy atom. The molecular weight excluding hydrogens is 238 g/mol. The normalized spacial score (nSPS) is 10.0. The third kappa shape index (κ3) is 3.30. The number of aromatic nitrogens is 2. The molecule has 0 saturated carbocycles. The molecule has 0 radical (unpaired) electrons. The molecule has 0 spiro atoms. The standard InChI is InChI=1S/C11H12ClN5/c12-9-3-1-8(2-4-9)6-14-10-5-11(17-13)16-7-15-10/h1-5,7H,6,13H2,(H2,14,15,16,17). The summed E-state index contributed by atoms with van der Waals surface area (Å²) in [5.41, 5.74) is 3.59. The van der Waals surface area contributed by atoms with Crippen LogP contribution in [0.2, 0.25) is 5.02 Å². The zero-order valence-electron chi connectivity index (χ0n) is 9.02. The van der Waals surface area contributed by atoms with Crippen LogP contribution < -0.4 is 16.6 Å². The van der Waals surface area contributed by atoms with Crippen LogP contribution in [0.5, 0.6) is 0 Å². The SMILES string of the molecule is NNc1cc(NCc2ccc(Cl)cc2)ncn1. The maximum Gasteiger partial charge on any atom is 0.145 e. The van der Waals surface area contributed by atoms with E-state index in [0.29, 0.717) is 18.2 Å². The van der Waals surface area contributed by atoms with E-state index in [9.17, 15) is 0 Å². The zero-order chi connectivity index (χ0) is 12.1. The number of halogens is 1. The molecule has 2 aromatic rings. The molecule has 0 saturated heterocycles. The second-order valence-electron chi connectivity index (χ2n) is 3.41. The second kappa shape index (κ2) is 5.47. The molecule has 2 rings (SSSR count). The van der Waals surface area contributed by atoms with Gasteiger partial charge in [-0.05, 0) is 17.7 Å². The first-order valence-corrected chi connectivity index (χ1v) is 5.43. The first kappa shape index (κ1) is 11.6. The lowest BCUT2D eigenvalue weighted by atomic mass is 10.2. The van der Waals surface area contributed by atoms with E-state index in [2.05, 4.69) is 20.7 Å². The summed E-state index contributed by atoms with van der Waals surface area (Å²) >= 11 is 5.81. The summed E-state index contributed by atoms with van der Waals surface area (Å²) in [7, 11) is 0. The topological polar surface area (TPSA) is 75.9 Å². The van der Waals surface area contributed by atoms with Gasteiger partial charge in [0.15, 0.2) is 0 Å². The molecule has 0 aliphatic rings. The molecule has 0 aliphatic carbocycles. The van der Waals surface area contributed by atoms with Crippen LogP contribution in [0.4, 0.5) is 11.6 Å². The van der Waals surface area contributed by atoms with E-state index < -0.39 is 0 Å². The van der Waals surface area contributed by atoms with Crippen LogP contribution in [0.15, 0.2) is 36.7 Å². The first-order chi connectivity index (χ1) is 8.28. The van der Waals surface area contributed by atoms with Gasteiger partial charge >= 0.3 is 0 Å². The van der Waals surface area contributed by atoms with Gasteiger partial charge in [-0.1, -0.05) is 23.7 Å². The minimum Gasteiger partial charge on any atom is -0.366 e. The Morgan fingerprint density at radius 2 is 1.82 bits per heavy atom. The average molecular weight is 250 g/mol. The minimum atomic E-state index is 0.568. The van der Waals surface area contributed by atoms with Gasteiger partial charge in [-0.2, -0.15) is 0 Å². The number of hydrazine groups is 1. The quantitative estimate of drug-likeness (QED) is 0.571. The molecule has 0 amide bonds. The molecule has 0 bridgehead atoms. The highest BCUT2D eigenvalue weighted by molar-refractivity contribution is 6.30. The molecule has 4 N–H and O–H groups in total. The highest BCUT2D eigenvalue weighted by Gasteiger charge is 1.97. The lowest BCUT2D eigenvalue weighted by Crippen LogP contribution is -2.09. The number of benzene rings is 1. The molecule has 6 heteroatoms. The van der Waals surface area contributed by atoms with Crippen molar-refractivity contribution in [3.63, 3.8) is 0 Å². The van der Waals surface area contributed by atoms with Gasteiger partial charge in [-0.25, -0.2) is 15.8 Å². The van der Waals surface area contributed by atoms with Crippen LogP contribution in [0.3, 0.4) is 0 Å². The Kier molecular flexibility index (Phi) is 3.74. The van der Waals surface area contributed by atoms with Gasteiger partial charge in [0, 0.05) is 17.6 Å². The summed E-state index contributed by atoms with van der Waals surface area (Å²) in [5, 5.41) is 3.89. The van der Waals surface area contributed by atoms with Crippen molar-refractivity contribution in [3.05, 3.63) is 47.2 Å².